The van der Waals surface area contributed by atoms with Crippen LogP contribution < -0.4 is 10.1 Å². The number of carbonyl (C=O) groups excluding carboxylic acids is 2. The first-order valence-electron chi connectivity index (χ1n) is 11.4. The van der Waals surface area contributed by atoms with Crippen LogP contribution >= 0.6 is 22.6 Å². The van der Waals surface area contributed by atoms with E-state index in [1.165, 1.54) is 0 Å². The molecule has 0 saturated heterocycles. The topological polar surface area (TPSA) is 99.1 Å². The van der Waals surface area contributed by atoms with E-state index in [2.05, 4.69) is 34.8 Å². The molecular formula is C24H35IN2O5. The molecule has 0 bridgehead atoms. The summed E-state index contributed by atoms with van der Waals surface area (Å²) in [5.41, 5.74) is 0.451. The molecule has 2 amide bonds. The van der Waals surface area contributed by atoms with Crippen molar-refractivity contribution in [2.45, 2.75) is 70.6 Å². The van der Waals surface area contributed by atoms with E-state index in [4.69, 9.17) is 9.84 Å². The summed E-state index contributed by atoms with van der Waals surface area (Å²) in [6, 6.07) is 6.91. The fourth-order valence-electron chi connectivity index (χ4n) is 3.85. The fourth-order valence-corrected chi connectivity index (χ4v) is 4.37. The molecule has 8 heteroatoms. The molecule has 0 unspecified atom stereocenters. The first-order chi connectivity index (χ1) is 15.4. The number of rotatable bonds is 12. The summed E-state index contributed by atoms with van der Waals surface area (Å²) in [5, 5.41) is 23.0. The summed E-state index contributed by atoms with van der Waals surface area (Å²) in [6.07, 6.45) is 4.51. The highest BCUT2D eigenvalue weighted by Crippen LogP contribution is 2.30. The number of unbranched alkanes of at least 4 members (excludes halogenated alkanes) is 3. The van der Waals surface area contributed by atoms with Crippen LogP contribution in [0.3, 0.4) is 0 Å². The Hall–Kier alpha value is -1.65. The van der Waals surface area contributed by atoms with Crippen molar-refractivity contribution in [3.8, 4) is 5.75 Å². The Labute approximate surface area is 204 Å². The summed E-state index contributed by atoms with van der Waals surface area (Å²) in [7, 11) is 0. The molecule has 0 aliphatic heterocycles. The van der Waals surface area contributed by atoms with Gasteiger partial charge in [-0.25, -0.2) is 0 Å². The molecule has 0 heterocycles. The summed E-state index contributed by atoms with van der Waals surface area (Å²) in [4.78, 5) is 27.2. The SMILES string of the molecule is CCCCCCN(C(=O)CC)[C@@H]1CC(C(=O)NCCO)=C[C@H](Oc2ccccc2I)[C@H]1O. The summed E-state index contributed by atoms with van der Waals surface area (Å²) >= 11 is 2.16. The van der Waals surface area contributed by atoms with Crippen molar-refractivity contribution < 1.29 is 24.5 Å². The average molecular weight is 558 g/mol. The van der Waals surface area contributed by atoms with Crippen LogP contribution in [0.15, 0.2) is 35.9 Å². The van der Waals surface area contributed by atoms with Crippen LogP contribution in [0.25, 0.3) is 0 Å². The minimum absolute atomic E-state index is 0.0457. The van der Waals surface area contributed by atoms with Crippen LogP contribution in [-0.2, 0) is 9.59 Å². The van der Waals surface area contributed by atoms with Gasteiger partial charge < -0.3 is 25.2 Å². The van der Waals surface area contributed by atoms with Gasteiger partial charge in [-0.2, -0.15) is 0 Å². The number of nitrogens with zero attached hydrogens (tertiary/aromatic N) is 1. The Morgan fingerprint density at radius 1 is 1.22 bits per heavy atom. The molecule has 3 N–H and O–H groups in total. The third-order valence-electron chi connectivity index (χ3n) is 5.59. The van der Waals surface area contributed by atoms with E-state index in [0.717, 1.165) is 29.3 Å². The summed E-state index contributed by atoms with van der Waals surface area (Å²) < 4.78 is 7.01. The molecule has 0 radical (unpaired) electrons. The van der Waals surface area contributed by atoms with Gasteiger partial charge in [0.15, 0.2) is 0 Å². The van der Waals surface area contributed by atoms with Gasteiger partial charge in [0, 0.05) is 31.5 Å². The Morgan fingerprint density at radius 2 is 1.97 bits per heavy atom. The minimum Gasteiger partial charge on any atom is -0.482 e. The van der Waals surface area contributed by atoms with E-state index in [1.807, 2.05) is 31.2 Å². The molecule has 0 fully saturated rings. The minimum atomic E-state index is -0.970. The van der Waals surface area contributed by atoms with E-state index in [9.17, 15) is 14.7 Å². The molecule has 2 rings (SSSR count). The molecule has 1 aromatic carbocycles. The molecule has 1 aliphatic rings. The van der Waals surface area contributed by atoms with E-state index in [0.29, 0.717) is 24.3 Å². The monoisotopic (exact) mass is 558 g/mol. The third kappa shape index (κ3) is 7.45. The number of amides is 2. The van der Waals surface area contributed by atoms with Crippen molar-refractivity contribution in [1.29, 1.82) is 0 Å². The van der Waals surface area contributed by atoms with Crippen LogP contribution in [0.4, 0.5) is 0 Å². The molecule has 1 aromatic rings. The lowest BCUT2D eigenvalue weighted by Gasteiger charge is -2.40. The Balaban J connectivity index is 2.32. The van der Waals surface area contributed by atoms with Crippen molar-refractivity contribution in [1.82, 2.24) is 10.2 Å². The standard InChI is InChI=1S/C24H35IN2O5/c1-3-5-6-9-13-27(22(29)4-2)19-15-17(24(31)26-12-14-28)16-21(23(19)30)32-20-11-8-7-10-18(20)25/h7-8,10-11,16,19,21,23,28,30H,3-6,9,12-15H2,1-2H3,(H,26,31)/t19-,21+,23+/m1/s1. The van der Waals surface area contributed by atoms with Crippen molar-refractivity contribution >= 4 is 34.4 Å². The van der Waals surface area contributed by atoms with Gasteiger partial charge >= 0.3 is 0 Å². The van der Waals surface area contributed by atoms with Crippen LogP contribution in [0.1, 0.15) is 52.4 Å². The lowest BCUT2D eigenvalue weighted by Crippen LogP contribution is -2.55. The lowest BCUT2D eigenvalue weighted by atomic mass is 9.87. The number of hydrogen-bond acceptors (Lipinski definition) is 5. The largest absolute Gasteiger partial charge is 0.482 e. The zero-order valence-electron chi connectivity index (χ0n) is 18.9. The molecule has 0 saturated carbocycles. The van der Waals surface area contributed by atoms with Gasteiger partial charge in [0.2, 0.25) is 11.8 Å². The van der Waals surface area contributed by atoms with Gasteiger partial charge in [0.1, 0.15) is 18.0 Å². The number of para-hydroxylation sites is 1. The predicted octanol–water partition coefficient (Wildman–Crippen LogP) is 3.03. The molecule has 7 nitrogen and oxygen atoms in total. The van der Waals surface area contributed by atoms with Gasteiger partial charge in [-0.05, 0) is 47.2 Å². The van der Waals surface area contributed by atoms with Crippen molar-refractivity contribution in [2.24, 2.45) is 0 Å². The van der Waals surface area contributed by atoms with Crippen molar-refractivity contribution in [3.63, 3.8) is 0 Å². The van der Waals surface area contributed by atoms with Crippen molar-refractivity contribution in [3.05, 3.63) is 39.5 Å². The highest BCUT2D eigenvalue weighted by Gasteiger charge is 2.40. The van der Waals surface area contributed by atoms with Gasteiger partial charge in [0.25, 0.3) is 0 Å². The highest BCUT2D eigenvalue weighted by molar-refractivity contribution is 14.1. The zero-order valence-corrected chi connectivity index (χ0v) is 21.1. The Bertz CT molecular complexity index is 785. The number of aliphatic hydroxyl groups excluding tert-OH is 2. The second-order valence-corrected chi connectivity index (χ2v) is 9.11. The first-order valence-corrected chi connectivity index (χ1v) is 12.5. The van der Waals surface area contributed by atoms with Gasteiger partial charge in [-0.1, -0.05) is 45.2 Å². The number of hydrogen-bond donors (Lipinski definition) is 3. The number of ether oxygens (including phenoxy) is 1. The predicted molar refractivity (Wildman–Crippen MR) is 132 cm³/mol. The maximum atomic E-state index is 12.8. The lowest BCUT2D eigenvalue weighted by molar-refractivity contribution is -0.138. The Morgan fingerprint density at radius 3 is 2.62 bits per heavy atom. The molecular weight excluding hydrogens is 523 g/mol. The van der Waals surface area contributed by atoms with E-state index >= 15 is 0 Å². The second kappa shape index (κ2) is 13.8. The number of benzene rings is 1. The van der Waals surface area contributed by atoms with Crippen molar-refractivity contribution in [2.75, 3.05) is 19.7 Å². The summed E-state index contributed by atoms with van der Waals surface area (Å²) in [6.45, 7) is 4.46. The molecule has 0 spiro atoms. The van der Waals surface area contributed by atoms with Crippen LogP contribution in [0, 0.1) is 3.57 Å². The molecule has 3 atom stereocenters. The Kier molecular flexibility index (Phi) is 11.5. The maximum absolute atomic E-state index is 12.8. The molecule has 1 aliphatic carbocycles. The van der Waals surface area contributed by atoms with Gasteiger partial charge in [0.05, 0.1) is 16.2 Å². The fraction of sp³-hybridized carbons (Fsp3) is 0.583. The van der Waals surface area contributed by atoms with Gasteiger partial charge in [-0.15, -0.1) is 0 Å². The van der Waals surface area contributed by atoms with Crippen LogP contribution in [-0.4, -0.2) is 64.9 Å². The smallest absolute Gasteiger partial charge is 0.247 e. The third-order valence-corrected chi connectivity index (χ3v) is 6.48. The number of nitrogens with one attached hydrogen (secondary N) is 1. The normalized spacial score (nSPS) is 20.4. The van der Waals surface area contributed by atoms with Gasteiger partial charge in [-0.3, -0.25) is 9.59 Å². The number of carbonyl (C=O) groups is 2. The van der Waals surface area contributed by atoms with E-state index < -0.39 is 18.2 Å². The molecule has 178 valence electrons. The molecule has 32 heavy (non-hydrogen) atoms. The zero-order chi connectivity index (χ0) is 23.5. The highest BCUT2D eigenvalue weighted by atomic mass is 127. The van der Waals surface area contributed by atoms with Crippen LogP contribution in [0.2, 0.25) is 0 Å². The maximum Gasteiger partial charge on any atom is 0.247 e. The quantitative estimate of drug-likeness (QED) is 0.271. The summed E-state index contributed by atoms with van der Waals surface area (Å²) in [5.74, 6) is 0.248. The van der Waals surface area contributed by atoms with E-state index in [-0.39, 0.29) is 31.4 Å². The second-order valence-electron chi connectivity index (χ2n) is 7.95. The number of halogens is 1. The van der Waals surface area contributed by atoms with E-state index in [1.54, 1.807) is 11.0 Å². The number of aliphatic hydroxyl groups is 2. The average Bonchev–Trinajstić information content (AvgIpc) is 2.80. The molecule has 0 aromatic heterocycles. The van der Waals surface area contributed by atoms with Crippen LogP contribution in [0.5, 0.6) is 5.75 Å². The first kappa shape index (κ1) is 26.6.